The number of ether oxygens (including phenoxy) is 2. The number of carbonyl (C=O) groups is 1. The first-order valence-corrected chi connectivity index (χ1v) is 7.25. The molecule has 0 radical (unpaired) electrons. The van der Waals surface area contributed by atoms with E-state index in [0.717, 1.165) is 25.2 Å². The molecule has 0 aromatic heterocycles. The zero-order valence-electron chi connectivity index (χ0n) is 12.4. The lowest BCUT2D eigenvalue weighted by molar-refractivity contribution is 0.0712. The predicted octanol–water partition coefficient (Wildman–Crippen LogP) is 2.77. The van der Waals surface area contributed by atoms with Gasteiger partial charge in [-0.25, -0.2) is 0 Å². The Bertz CT molecular complexity index is 453. The molecule has 0 spiro atoms. The van der Waals surface area contributed by atoms with Crippen molar-refractivity contribution in [2.75, 3.05) is 6.61 Å². The quantitative estimate of drug-likeness (QED) is 0.900. The number of benzene rings is 1. The Morgan fingerprint density at radius 1 is 1.40 bits per heavy atom. The van der Waals surface area contributed by atoms with Gasteiger partial charge in [0.05, 0.1) is 18.2 Å². The van der Waals surface area contributed by atoms with E-state index < -0.39 is 0 Å². The minimum atomic E-state index is -0.0813. The van der Waals surface area contributed by atoms with Gasteiger partial charge in [-0.15, -0.1) is 0 Å². The van der Waals surface area contributed by atoms with Gasteiger partial charge in [-0.2, -0.15) is 0 Å². The summed E-state index contributed by atoms with van der Waals surface area (Å²) in [7, 11) is 0. The lowest BCUT2D eigenvalue weighted by Crippen LogP contribution is -2.40. The zero-order chi connectivity index (χ0) is 14.5. The second kappa shape index (κ2) is 6.75. The normalized spacial score (nSPS) is 19.9. The van der Waals surface area contributed by atoms with Gasteiger partial charge >= 0.3 is 0 Å². The summed E-state index contributed by atoms with van der Waals surface area (Å²) in [6, 6.07) is 7.30. The Morgan fingerprint density at radius 3 is 2.85 bits per heavy atom. The van der Waals surface area contributed by atoms with Crippen molar-refractivity contribution in [3.05, 3.63) is 29.8 Å². The molecule has 0 aliphatic carbocycles. The maximum atomic E-state index is 12.2. The third-order valence-corrected chi connectivity index (χ3v) is 3.35. The van der Waals surface area contributed by atoms with Crippen LogP contribution in [0.4, 0.5) is 0 Å². The average Bonchev–Trinajstić information content (AvgIpc) is 2.92. The first-order chi connectivity index (χ1) is 9.56. The summed E-state index contributed by atoms with van der Waals surface area (Å²) in [4.78, 5) is 12.2. The summed E-state index contributed by atoms with van der Waals surface area (Å²) in [5.41, 5.74) is 0.619. The molecule has 1 aromatic rings. The van der Waals surface area contributed by atoms with E-state index in [1.807, 2.05) is 32.9 Å². The molecule has 2 atom stereocenters. The van der Waals surface area contributed by atoms with E-state index in [-0.39, 0.29) is 24.2 Å². The van der Waals surface area contributed by atoms with Crippen LogP contribution in [0.15, 0.2) is 24.3 Å². The van der Waals surface area contributed by atoms with Crippen LogP contribution in [-0.2, 0) is 4.74 Å². The fraction of sp³-hybridized carbons (Fsp3) is 0.562. The fourth-order valence-corrected chi connectivity index (χ4v) is 2.36. The lowest BCUT2D eigenvalue weighted by Gasteiger charge is -2.20. The maximum absolute atomic E-state index is 12.2. The topological polar surface area (TPSA) is 47.6 Å². The molecule has 1 aromatic carbocycles. The van der Waals surface area contributed by atoms with E-state index in [1.54, 1.807) is 12.1 Å². The summed E-state index contributed by atoms with van der Waals surface area (Å²) >= 11 is 0. The van der Waals surface area contributed by atoms with Gasteiger partial charge in [0.15, 0.2) is 0 Å². The molecule has 0 bridgehead atoms. The Labute approximate surface area is 120 Å². The molecule has 0 saturated carbocycles. The summed E-state index contributed by atoms with van der Waals surface area (Å²) < 4.78 is 11.2. The molecule has 1 N–H and O–H groups in total. The maximum Gasteiger partial charge on any atom is 0.251 e. The molecular formula is C16H23NO3. The van der Waals surface area contributed by atoms with E-state index in [1.165, 1.54) is 0 Å². The highest BCUT2D eigenvalue weighted by Crippen LogP contribution is 2.17. The standard InChI is InChI=1S/C16H23NO3/c1-11(2)20-14-7-4-6-13(10-14)16(18)17-12(3)15-8-5-9-19-15/h4,6-7,10-12,15H,5,8-9H2,1-3H3,(H,17,18)/t12-,15-/m1/s1. The van der Waals surface area contributed by atoms with Gasteiger partial charge in [0, 0.05) is 12.2 Å². The highest BCUT2D eigenvalue weighted by molar-refractivity contribution is 5.94. The summed E-state index contributed by atoms with van der Waals surface area (Å²) in [5.74, 6) is 0.639. The van der Waals surface area contributed by atoms with Crippen molar-refractivity contribution in [3.8, 4) is 5.75 Å². The van der Waals surface area contributed by atoms with Crippen molar-refractivity contribution in [1.82, 2.24) is 5.32 Å². The first kappa shape index (κ1) is 14.9. The van der Waals surface area contributed by atoms with E-state index in [0.29, 0.717) is 5.56 Å². The molecule has 4 heteroatoms. The minimum Gasteiger partial charge on any atom is -0.491 e. The Balaban J connectivity index is 1.97. The van der Waals surface area contributed by atoms with Crippen LogP contribution in [0, 0.1) is 0 Å². The molecule has 1 saturated heterocycles. The molecular weight excluding hydrogens is 254 g/mol. The Hall–Kier alpha value is -1.55. The van der Waals surface area contributed by atoms with Gasteiger partial charge in [0.1, 0.15) is 5.75 Å². The average molecular weight is 277 g/mol. The van der Waals surface area contributed by atoms with Crippen molar-refractivity contribution in [1.29, 1.82) is 0 Å². The second-order valence-electron chi connectivity index (χ2n) is 5.51. The van der Waals surface area contributed by atoms with Gasteiger partial charge in [0.25, 0.3) is 5.91 Å². The zero-order valence-corrected chi connectivity index (χ0v) is 12.4. The molecule has 4 nitrogen and oxygen atoms in total. The predicted molar refractivity (Wildman–Crippen MR) is 78.1 cm³/mol. The largest absolute Gasteiger partial charge is 0.491 e. The summed E-state index contributed by atoms with van der Waals surface area (Å²) in [6.07, 6.45) is 2.31. The smallest absolute Gasteiger partial charge is 0.251 e. The highest BCUT2D eigenvalue weighted by Gasteiger charge is 2.24. The number of rotatable bonds is 5. The molecule has 2 rings (SSSR count). The van der Waals surface area contributed by atoms with Crippen molar-refractivity contribution < 1.29 is 14.3 Å². The SMILES string of the molecule is CC(C)Oc1cccc(C(=O)N[C@H](C)[C@H]2CCCO2)c1. The number of hydrogen-bond donors (Lipinski definition) is 1. The minimum absolute atomic E-state index is 0.0275. The van der Waals surface area contributed by atoms with Gasteiger partial charge in [-0.05, 0) is 51.8 Å². The molecule has 110 valence electrons. The molecule has 1 aliphatic heterocycles. The van der Waals surface area contributed by atoms with Gasteiger partial charge in [-0.1, -0.05) is 6.07 Å². The third kappa shape index (κ3) is 3.97. The molecule has 1 aliphatic rings. The van der Waals surface area contributed by atoms with Crippen molar-refractivity contribution >= 4 is 5.91 Å². The van der Waals surface area contributed by atoms with Gasteiger partial charge in [0.2, 0.25) is 0 Å². The molecule has 20 heavy (non-hydrogen) atoms. The summed E-state index contributed by atoms with van der Waals surface area (Å²) in [6.45, 7) is 6.71. The molecule has 1 heterocycles. The monoisotopic (exact) mass is 277 g/mol. The van der Waals surface area contributed by atoms with E-state index in [2.05, 4.69) is 5.32 Å². The van der Waals surface area contributed by atoms with Crippen molar-refractivity contribution in [2.45, 2.75) is 51.9 Å². The first-order valence-electron chi connectivity index (χ1n) is 7.25. The van der Waals surface area contributed by atoms with Crippen LogP contribution in [0.25, 0.3) is 0 Å². The van der Waals surface area contributed by atoms with E-state index in [9.17, 15) is 4.79 Å². The van der Waals surface area contributed by atoms with Crippen molar-refractivity contribution in [2.24, 2.45) is 0 Å². The van der Waals surface area contributed by atoms with E-state index in [4.69, 9.17) is 9.47 Å². The Kier molecular flexibility index (Phi) is 5.01. The fourth-order valence-electron chi connectivity index (χ4n) is 2.36. The van der Waals surface area contributed by atoms with Gasteiger partial charge in [-0.3, -0.25) is 4.79 Å². The van der Waals surface area contributed by atoms with E-state index >= 15 is 0 Å². The van der Waals surface area contributed by atoms with Crippen LogP contribution >= 0.6 is 0 Å². The summed E-state index contributed by atoms with van der Waals surface area (Å²) in [5, 5.41) is 3.00. The number of amides is 1. The number of carbonyl (C=O) groups excluding carboxylic acids is 1. The lowest BCUT2D eigenvalue weighted by atomic mass is 10.1. The number of nitrogens with one attached hydrogen (secondary N) is 1. The van der Waals surface area contributed by atoms with Crippen LogP contribution in [-0.4, -0.2) is 30.8 Å². The van der Waals surface area contributed by atoms with Gasteiger partial charge < -0.3 is 14.8 Å². The third-order valence-electron chi connectivity index (χ3n) is 3.35. The Morgan fingerprint density at radius 2 is 2.20 bits per heavy atom. The highest BCUT2D eigenvalue weighted by atomic mass is 16.5. The van der Waals surface area contributed by atoms with Crippen LogP contribution < -0.4 is 10.1 Å². The number of hydrogen-bond acceptors (Lipinski definition) is 3. The molecule has 1 amide bonds. The molecule has 0 unspecified atom stereocenters. The van der Waals surface area contributed by atoms with Crippen LogP contribution in [0.1, 0.15) is 44.0 Å². The van der Waals surface area contributed by atoms with Crippen LogP contribution in [0.3, 0.4) is 0 Å². The van der Waals surface area contributed by atoms with Crippen LogP contribution in [0.2, 0.25) is 0 Å². The second-order valence-corrected chi connectivity index (χ2v) is 5.51. The van der Waals surface area contributed by atoms with Crippen molar-refractivity contribution in [3.63, 3.8) is 0 Å². The van der Waals surface area contributed by atoms with Crippen LogP contribution in [0.5, 0.6) is 5.75 Å². The molecule has 1 fully saturated rings.